The summed E-state index contributed by atoms with van der Waals surface area (Å²) in [6.45, 7) is 1.80. The molecule has 1 aliphatic rings. The van der Waals surface area contributed by atoms with Gasteiger partial charge in [-0.15, -0.1) is 0 Å². The summed E-state index contributed by atoms with van der Waals surface area (Å²) in [5, 5.41) is 10.6. The van der Waals surface area contributed by atoms with Crippen LogP contribution in [0, 0.1) is 0 Å². The van der Waals surface area contributed by atoms with Crippen molar-refractivity contribution in [2.45, 2.75) is 25.3 Å². The highest BCUT2D eigenvalue weighted by Crippen LogP contribution is 2.09. The van der Waals surface area contributed by atoms with E-state index in [0.717, 1.165) is 18.7 Å². The van der Waals surface area contributed by atoms with Gasteiger partial charge in [-0.3, -0.25) is 4.79 Å². The first-order valence-corrected chi connectivity index (χ1v) is 7.44. The van der Waals surface area contributed by atoms with E-state index in [1.165, 1.54) is 12.8 Å². The molecule has 21 heavy (non-hydrogen) atoms. The number of hydrogen-bond acceptors (Lipinski definition) is 3. The summed E-state index contributed by atoms with van der Waals surface area (Å²) in [6.07, 6.45) is 6.80. The average molecular weight is 284 g/mol. The van der Waals surface area contributed by atoms with Gasteiger partial charge < -0.3 is 10.6 Å². The van der Waals surface area contributed by atoms with Crippen LogP contribution >= 0.6 is 0 Å². The third-order valence-corrected chi connectivity index (χ3v) is 3.81. The number of hydrogen-bond donors (Lipinski definition) is 2. The molecule has 2 aromatic rings. The fourth-order valence-corrected chi connectivity index (χ4v) is 2.63. The van der Waals surface area contributed by atoms with Crippen LogP contribution in [0.3, 0.4) is 0 Å². The first-order chi connectivity index (χ1) is 10.3. The van der Waals surface area contributed by atoms with Crippen LogP contribution < -0.4 is 10.6 Å². The number of carbonyl (C=O) groups excluding carboxylic acids is 1. The SMILES string of the molecule is O=C(NCCC1CCCN1)c1cnn(-c2ccccc2)c1. The molecule has 0 bridgehead atoms. The van der Waals surface area contributed by atoms with E-state index in [-0.39, 0.29) is 5.91 Å². The second-order valence-electron chi connectivity index (χ2n) is 5.35. The van der Waals surface area contributed by atoms with Gasteiger partial charge in [0.05, 0.1) is 17.4 Å². The van der Waals surface area contributed by atoms with Crippen molar-refractivity contribution < 1.29 is 4.79 Å². The quantitative estimate of drug-likeness (QED) is 0.879. The van der Waals surface area contributed by atoms with E-state index in [4.69, 9.17) is 0 Å². The van der Waals surface area contributed by atoms with Crippen molar-refractivity contribution in [3.05, 3.63) is 48.3 Å². The molecule has 0 aliphatic carbocycles. The average Bonchev–Trinajstić information content (AvgIpc) is 3.20. The first kappa shape index (κ1) is 13.8. The zero-order valence-electron chi connectivity index (χ0n) is 12.0. The number of para-hydroxylation sites is 1. The number of amides is 1. The molecule has 2 N–H and O–H groups in total. The molecule has 0 saturated carbocycles. The molecule has 1 amide bonds. The number of carbonyl (C=O) groups is 1. The second kappa shape index (κ2) is 6.54. The number of nitrogens with one attached hydrogen (secondary N) is 2. The van der Waals surface area contributed by atoms with Crippen LogP contribution in [0.1, 0.15) is 29.6 Å². The van der Waals surface area contributed by atoms with E-state index < -0.39 is 0 Å². The molecule has 0 spiro atoms. The normalized spacial score (nSPS) is 17.8. The van der Waals surface area contributed by atoms with Gasteiger partial charge in [0.15, 0.2) is 0 Å². The van der Waals surface area contributed by atoms with Crippen molar-refractivity contribution >= 4 is 5.91 Å². The highest BCUT2D eigenvalue weighted by Gasteiger charge is 2.14. The first-order valence-electron chi connectivity index (χ1n) is 7.44. The zero-order valence-corrected chi connectivity index (χ0v) is 12.0. The Labute approximate surface area is 124 Å². The zero-order chi connectivity index (χ0) is 14.5. The molecular formula is C16H20N4O. The van der Waals surface area contributed by atoms with Gasteiger partial charge in [-0.05, 0) is 37.9 Å². The van der Waals surface area contributed by atoms with Crippen LogP contribution in [-0.4, -0.2) is 34.8 Å². The molecule has 1 aromatic carbocycles. The summed E-state index contributed by atoms with van der Waals surface area (Å²) in [7, 11) is 0. The highest BCUT2D eigenvalue weighted by molar-refractivity contribution is 5.93. The molecule has 1 aliphatic heterocycles. The molecule has 1 atom stereocenters. The maximum Gasteiger partial charge on any atom is 0.254 e. The molecule has 5 heteroatoms. The van der Waals surface area contributed by atoms with Crippen molar-refractivity contribution in [1.82, 2.24) is 20.4 Å². The van der Waals surface area contributed by atoms with Gasteiger partial charge in [-0.25, -0.2) is 4.68 Å². The molecule has 110 valence electrons. The van der Waals surface area contributed by atoms with Crippen LogP contribution in [-0.2, 0) is 0 Å². The third-order valence-electron chi connectivity index (χ3n) is 3.81. The fraction of sp³-hybridized carbons (Fsp3) is 0.375. The minimum absolute atomic E-state index is 0.0600. The van der Waals surface area contributed by atoms with E-state index in [1.54, 1.807) is 17.1 Å². The van der Waals surface area contributed by atoms with E-state index in [2.05, 4.69) is 15.7 Å². The Morgan fingerprint density at radius 3 is 3.00 bits per heavy atom. The molecular weight excluding hydrogens is 264 g/mol. The largest absolute Gasteiger partial charge is 0.352 e. The van der Waals surface area contributed by atoms with Crippen LogP contribution in [0.2, 0.25) is 0 Å². The summed E-state index contributed by atoms with van der Waals surface area (Å²) < 4.78 is 1.72. The second-order valence-corrected chi connectivity index (χ2v) is 5.35. The summed E-state index contributed by atoms with van der Waals surface area (Å²) in [6, 6.07) is 10.3. The number of benzene rings is 1. The topological polar surface area (TPSA) is 59.0 Å². The molecule has 3 rings (SSSR count). The van der Waals surface area contributed by atoms with Crippen molar-refractivity contribution in [2.24, 2.45) is 0 Å². The minimum Gasteiger partial charge on any atom is -0.352 e. The van der Waals surface area contributed by atoms with Gasteiger partial charge in [-0.1, -0.05) is 18.2 Å². The van der Waals surface area contributed by atoms with Gasteiger partial charge >= 0.3 is 0 Å². The van der Waals surface area contributed by atoms with E-state index in [0.29, 0.717) is 18.2 Å². The predicted octanol–water partition coefficient (Wildman–Crippen LogP) is 1.74. The Morgan fingerprint density at radius 2 is 2.24 bits per heavy atom. The smallest absolute Gasteiger partial charge is 0.254 e. The fourth-order valence-electron chi connectivity index (χ4n) is 2.63. The highest BCUT2D eigenvalue weighted by atomic mass is 16.1. The van der Waals surface area contributed by atoms with Gasteiger partial charge in [-0.2, -0.15) is 5.10 Å². The van der Waals surface area contributed by atoms with Gasteiger partial charge in [0, 0.05) is 18.8 Å². The standard InChI is InChI=1S/C16H20N4O/c21-16(18-10-8-14-5-4-9-17-14)13-11-19-20(12-13)15-6-2-1-3-7-15/h1-3,6-7,11-12,14,17H,4-5,8-10H2,(H,18,21). The lowest BCUT2D eigenvalue weighted by Crippen LogP contribution is -2.30. The maximum atomic E-state index is 12.1. The van der Waals surface area contributed by atoms with Crippen molar-refractivity contribution in [3.8, 4) is 5.69 Å². The summed E-state index contributed by atoms with van der Waals surface area (Å²) >= 11 is 0. The molecule has 1 saturated heterocycles. The lowest BCUT2D eigenvalue weighted by atomic mass is 10.1. The van der Waals surface area contributed by atoms with Gasteiger partial charge in [0.2, 0.25) is 0 Å². The number of aromatic nitrogens is 2. The van der Waals surface area contributed by atoms with Crippen LogP contribution in [0.15, 0.2) is 42.7 Å². The monoisotopic (exact) mass is 284 g/mol. The van der Waals surface area contributed by atoms with Crippen LogP contribution in [0.5, 0.6) is 0 Å². The van der Waals surface area contributed by atoms with E-state index >= 15 is 0 Å². The Balaban J connectivity index is 1.54. The lowest BCUT2D eigenvalue weighted by Gasteiger charge is -2.10. The molecule has 1 unspecified atom stereocenters. The summed E-state index contributed by atoms with van der Waals surface area (Å²) in [5.74, 6) is -0.0600. The van der Waals surface area contributed by atoms with Gasteiger partial charge in [0.1, 0.15) is 0 Å². The Hall–Kier alpha value is -2.14. The Bertz CT molecular complexity index is 587. The molecule has 5 nitrogen and oxygen atoms in total. The van der Waals surface area contributed by atoms with E-state index in [1.807, 2.05) is 30.3 Å². The molecule has 2 heterocycles. The molecule has 1 fully saturated rings. The van der Waals surface area contributed by atoms with Crippen molar-refractivity contribution in [1.29, 1.82) is 0 Å². The predicted molar refractivity (Wildman–Crippen MR) is 81.5 cm³/mol. The van der Waals surface area contributed by atoms with Crippen LogP contribution in [0.25, 0.3) is 5.69 Å². The summed E-state index contributed by atoms with van der Waals surface area (Å²) in [5.41, 5.74) is 1.55. The minimum atomic E-state index is -0.0600. The third kappa shape index (κ3) is 3.49. The van der Waals surface area contributed by atoms with Crippen LogP contribution in [0.4, 0.5) is 0 Å². The van der Waals surface area contributed by atoms with Gasteiger partial charge in [0.25, 0.3) is 5.91 Å². The molecule has 1 aromatic heterocycles. The number of rotatable bonds is 5. The van der Waals surface area contributed by atoms with Crippen molar-refractivity contribution in [3.63, 3.8) is 0 Å². The number of nitrogens with zero attached hydrogens (tertiary/aromatic N) is 2. The van der Waals surface area contributed by atoms with Crippen molar-refractivity contribution in [2.75, 3.05) is 13.1 Å². The lowest BCUT2D eigenvalue weighted by molar-refractivity contribution is 0.0952. The summed E-state index contributed by atoms with van der Waals surface area (Å²) in [4.78, 5) is 12.1. The Morgan fingerprint density at radius 1 is 1.38 bits per heavy atom. The Kier molecular flexibility index (Phi) is 4.31. The van der Waals surface area contributed by atoms with E-state index in [9.17, 15) is 4.79 Å². The molecule has 0 radical (unpaired) electrons. The maximum absolute atomic E-state index is 12.1.